The molecule has 174 valence electrons. The minimum absolute atomic E-state index is 0.00390. The van der Waals surface area contributed by atoms with Crippen molar-refractivity contribution in [1.29, 1.82) is 0 Å². The molecule has 0 bridgehead atoms. The van der Waals surface area contributed by atoms with Crippen LogP contribution in [0.2, 0.25) is 0 Å². The van der Waals surface area contributed by atoms with Crippen LogP contribution in [-0.2, 0) is 14.8 Å². The lowest BCUT2D eigenvalue weighted by Gasteiger charge is -2.26. The fourth-order valence-electron chi connectivity index (χ4n) is 3.63. The largest absolute Gasteiger partial charge is 0.495 e. The fraction of sp³-hybridized carbons (Fsp3) is 0.435. The van der Waals surface area contributed by atoms with Crippen molar-refractivity contribution in [3.8, 4) is 5.75 Å². The fourth-order valence-corrected chi connectivity index (χ4v) is 5.22. The van der Waals surface area contributed by atoms with Crippen molar-refractivity contribution < 1.29 is 22.7 Å². The van der Waals surface area contributed by atoms with Crippen molar-refractivity contribution in [2.75, 3.05) is 57.9 Å². The smallest absolute Gasteiger partial charge is 0.251 e. The van der Waals surface area contributed by atoms with Crippen LogP contribution in [0.3, 0.4) is 0 Å². The molecule has 1 amide bonds. The van der Waals surface area contributed by atoms with Crippen LogP contribution in [0.1, 0.15) is 23.7 Å². The van der Waals surface area contributed by atoms with E-state index in [2.05, 4.69) is 29.3 Å². The Labute approximate surface area is 190 Å². The third-order valence-corrected chi connectivity index (χ3v) is 7.33. The third-order valence-electron chi connectivity index (χ3n) is 5.41. The molecule has 1 N–H and O–H groups in total. The molecule has 3 rings (SSSR count). The van der Waals surface area contributed by atoms with E-state index in [0.29, 0.717) is 19.8 Å². The van der Waals surface area contributed by atoms with Crippen molar-refractivity contribution in [3.05, 3.63) is 54.1 Å². The Balaban J connectivity index is 1.63. The van der Waals surface area contributed by atoms with Crippen LogP contribution < -0.4 is 15.0 Å². The highest BCUT2D eigenvalue weighted by molar-refractivity contribution is 7.89. The number of nitrogens with one attached hydrogen (secondary N) is 1. The molecule has 2 aromatic rings. The molecule has 0 spiro atoms. The quantitative estimate of drug-likeness (QED) is 0.547. The number of anilines is 1. The highest BCUT2D eigenvalue weighted by Crippen LogP contribution is 2.28. The zero-order chi connectivity index (χ0) is 23.0. The van der Waals surface area contributed by atoms with Crippen molar-refractivity contribution in [2.45, 2.75) is 18.2 Å². The van der Waals surface area contributed by atoms with Gasteiger partial charge in [0.05, 0.1) is 20.3 Å². The van der Waals surface area contributed by atoms with Gasteiger partial charge in [-0.3, -0.25) is 4.79 Å². The Morgan fingerprint density at radius 1 is 1.16 bits per heavy atom. The summed E-state index contributed by atoms with van der Waals surface area (Å²) < 4.78 is 38.1. The second-order valence-electron chi connectivity index (χ2n) is 7.41. The SMILES string of the molecule is CCN(CCCNC(=O)c1ccc(OC)c(S(=O)(=O)N2CCOCC2)c1)c1ccccc1. The topological polar surface area (TPSA) is 88.2 Å². The Morgan fingerprint density at radius 2 is 1.88 bits per heavy atom. The summed E-state index contributed by atoms with van der Waals surface area (Å²) >= 11 is 0. The molecule has 0 aromatic heterocycles. The summed E-state index contributed by atoms with van der Waals surface area (Å²) in [5.41, 5.74) is 1.43. The number of ether oxygens (including phenoxy) is 2. The first-order chi connectivity index (χ1) is 15.5. The van der Waals surface area contributed by atoms with E-state index in [1.165, 1.54) is 23.5 Å². The average molecular weight is 462 g/mol. The maximum atomic E-state index is 13.1. The number of morpholine rings is 1. The number of para-hydroxylation sites is 1. The maximum Gasteiger partial charge on any atom is 0.251 e. The molecule has 1 heterocycles. The van der Waals surface area contributed by atoms with Crippen LogP contribution in [0.5, 0.6) is 5.75 Å². The zero-order valence-electron chi connectivity index (χ0n) is 18.6. The summed E-state index contributed by atoms with van der Waals surface area (Å²) in [6, 6.07) is 14.6. The van der Waals surface area contributed by atoms with E-state index in [1.54, 1.807) is 6.07 Å². The first-order valence-electron chi connectivity index (χ1n) is 10.8. The van der Waals surface area contributed by atoms with E-state index >= 15 is 0 Å². The van der Waals surface area contributed by atoms with E-state index in [9.17, 15) is 13.2 Å². The number of methoxy groups -OCH3 is 1. The summed E-state index contributed by atoms with van der Waals surface area (Å²) in [6.45, 7) is 5.51. The molecule has 0 aliphatic carbocycles. The van der Waals surface area contributed by atoms with E-state index in [1.807, 2.05) is 18.2 Å². The minimum Gasteiger partial charge on any atom is -0.495 e. The van der Waals surface area contributed by atoms with Gasteiger partial charge in [0.2, 0.25) is 10.0 Å². The van der Waals surface area contributed by atoms with Crippen LogP contribution in [-0.4, -0.2) is 71.7 Å². The number of rotatable bonds is 10. The predicted molar refractivity (Wildman–Crippen MR) is 124 cm³/mol. The lowest BCUT2D eigenvalue weighted by Crippen LogP contribution is -2.40. The van der Waals surface area contributed by atoms with Gasteiger partial charge in [0.25, 0.3) is 5.91 Å². The van der Waals surface area contributed by atoms with Gasteiger partial charge in [-0.2, -0.15) is 4.31 Å². The number of sulfonamides is 1. The Kier molecular flexibility index (Phi) is 8.49. The third kappa shape index (κ3) is 5.79. The van der Waals surface area contributed by atoms with Crippen molar-refractivity contribution in [2.24, 2.45) is 0 Å². The van der Waals surface area contributed by atoms with Gasteiger partial charge in [0, 0.05) is 44.0 Å². The summed E-state index contributed by atoms with van der Waals surface area (Å²) in [7, 11) is -2.37. The van der Waals surface area contributed by atoms with Crippen molar-refractivity contribution in [1.82, 2.24) is 9.62 Å². The predicted octanol–water partition coefficient (Wildman–Crippen LogP) is 2.36. The van der Waals surface area contributed by atoms with Gasteiger partial charge in [-0.15, -0.1) is 0 Å². The normalized spacial score (nSPS) is 14.7. The second-order valence-corrected chi connectivity index (χ2v) is 9.31. The van der Waals surface area contributed by atoms with Crippen LogP contribution in [0.4, 0.5) is 5.69 Å². The summed E-state index contributed by atoms with van der Waals surface area (Å²) in [6.07, 6.45) is 0.767. The van der Waals surface area contributed by atoms with Crippen molar-refractivity contribution in [3.63, 3.8) is 0 Å². The Hall–Kier alpha value is -2.62. The molecule has 32 heavy (non-hydrogen) atoms. The first kappa shape index (κ1) is 24.0. The maximum absolute atomic E-state index is 13.1. The van der Waals surface area contributed by atoms with Gasteiger partial charge in [0.15, 0.2) is 0 Å². The highest BCUT2D eigenvalue weighted by Gasteiger charge is 2.30. The van der Waals surface area contributed by atoms with E-state index in [4.69, 9.17) is 9.47 Å². The molecule has 1 aliphatic rings. The molecule has 0 unspecified atom stereocenters. The molecule has 1 aliphatic heterocycles. The summed E-state index contributed by atoms with van der Waals surface area (Å²) in [5, 5.41) is 2.89. The van der Waals surface area contributed by atoms with Crippen LogP contribution >= 0.6 is 0 Å². The Bertz CT molecular complexity index is 992. The van der Waals surface area contributed by atoms with Gasteiger partial charge in [-0.1, -0.05) is 18.2 Å². The molecular formula is C23H31N3O5S. The van der Waals surface area contributed by atoms with Crippen molar-refractivity contribution >= 4 is 21.6 Å². The van der Waals surface area contributed by atoms with Gasteiger partial charge in [-0.25, -0.2) is 8.42 Å². The lowest BCUT2D eigenvalue weighted by atomic mass is 10.2. The van der Waals surface area contributed by atoms with Crippen LogP contribution in [0.25, 0.3) is 0 Å². The second kappa shape index (κ2) is 11.3. The van der Waals surface area contributed by atoms with Gasteiger partial charge in [0.1, 0.15) is 10.6 Å². The lowest BCUT2D eigenvalue weighted by molar-refractivity contribution is 0.0729. The number of hydrogen-bond acceptors (Lipinski definition) is 6. The minimum atomic E-state index is -3.79. The number of carbonyl (C=O) groups excluding carboxylic acids is 1. The van der Waals surface area contributed by atoms with Crippen LogP contribution in [0.15, 0.2) is 53.4 Å². The zero-order valence-corrected chi connectivity index (χ0v) is 19.4. The molecular weight excluding hydrogens is 430 g/mol. The number of hydrogen-bond donors (Lipinski definition) is 1. The molecule has 2 aromatic carbocycles. The summed E-state index contributed by atoms with van der Waals surface area (Å²) in [5.74, 6) is -0.0941. The number of benzene rings is 2. The molecule has 1 fully saturated rings. The summed E-state index contributed by atoms with van der Waals surface area (Å²) in [4.78, 5) is 14.9. The molecule has 1 saturated heterocycles. The number of nitrogens with zero attached hydrogens (tertiary/aromatic N) is 2. The first-order valence-corrected chi connectivity index (χ1v) is 12.3. The Morgan fingerprint density at radius 3 is 2.53 bits per heavy atom. The van der Waals surface area contributed by atoms with Gasteiger partial charge >= 0.3 is 0 Å². The average Bonchev–Trinajstić information content (AvgIpc) is 2.84. The van der Waals surface area contributed by atoms with Crippen LogP contribution in [0, 0.1) is 0 Å². The highest BCUT2D eigenvalue weighted by atomic mass is 32.2. The van der Waals surface area contributed by atoms with Gasteiger partial charge < -0.3 is 19.7 Å². The molecule has 0 atom stereocenters. The standard InChI is InChI=1S/C23H31N3O5S/c1-3-25(20-8-5-4-6-9-20)13-7-12-24-23(27)19-10-11-21(30-2)22(18-19)32(28,29)26-14-16-31-17-15-26/h4-6,8-11,18H,3,7,12-17H2,1-2H3,(H,24,27). The van der Waals surface area contributed by atoms with E-state index in [0.717, 1.165) is 25.2 Å². The van der Waals surface area contributed by atoms with E-state index in [-0.39, 0.29) is 35.2 Å². The number of carbonyl (C=O) groups is 1. The number of amides is 1. The molecule has 0 radical (unpaired) electrons. The molecule has 0 saturated carbocycles. The monoisotopic (exact) mass is 461 g/mol. The molecule has 8 nitrogen and oxygen atoms in total. The van der Waals surface area contributed by atoms with E-state index < -0.39 is 10.0 Å². The van der Waals surface area contributed by atoms with Gasteiger partial charge in [-0.05, 0) is 43.7 Å². The molecule has 9 heteroatoms.